The topological polar surface area (TPSA) is 6.48 Å². The van der Waals surface area contributed by atoms with E-state index in [1.807, 2.05) is 0 Å². The summed E-state index contributed by atoms with van der Waals surface area (Å²) >= 11 is 0. The minimum absolute atomic E-state index is 0. The number of halogens is 1. The minimum Gasteiger partial charge on any atom is -0.356 e. The van der Waals surface area contributed by atoms with E-state index >= 15 is 0 Å². The molecule has 0 unspecified atom stereocenters. The van der Waals surface area contributed by atoms with Gasteiger partial charge in [-0.15, -0.1) is 17.0 Å². The van der Waals surface area contributed by atoms with Crippen molar-refractivity contribution in [3.63, 3.8) is 0 Å². The van der Waals surface area contributed by atoms with Gasteiger partial charge in [-0.2, -0.15) is 0 Å². The molecule has 1 heterocycles. The van der Waals surface area contributed by atoms with Gasteiger partial charge >= 0.3 is 0 Å². The first kappa shape index (κ1) is 11.8. The van der Waals surface area contributed by atoms with E-state index in [2.05, 4.69) is 49.9 Å². The van der Waals surface area contributed by atoms with Gasteiger partial charge in [-0.25, -0.2) is 0 Å². The molecule has 0 bridgehead atoms. The summed E-state index contributed by atoms with van der Waals surface area (Å²) in [5.41, 5.74) is 0. The molecule has 72 valence electrons. The summed E-state index contributed by atoms with van der Waals surface area (Å²) in [6, 6.07) is 1.24. The number of hydrogen-bond donors (Lipinski definition) is 0. The summed E-state index contributed by atoms with van der Waals surface area (Å²) < 4.78 is 0. The Bertz CT molecular complexity index is 139. The standard InChI is InChI=1S/C9H18N2.BrH/c1-8(2)10-5-6-11(7-10)9(3)4;/h5-6,8-9H,7H2,1-4H3;1H. The van der Waals surface area contributed by atoms with Crippen LogP contribution in [0, 0.1) is 0 Å². The van der Waals surface area contributed by atoms with Crippen molar-refractivity contribution in [1.82, 2.24) is 9.80 Å². The van der Waals surface area contributed by atoms with Crippen LogP contribution in [0.4, 0.5) is 0 Å². The van der Waals surface area contributed by atoms with Crippen LogP contribution in [0.5, 0.6) is 0 Å². The summed E-state index contributed by atoms with van der Waals surface area (Å²) in [5, 5.41) is 0. The maximum Gasteiger partial charge on any atom is 0.0898 e. The van der Waals surface area contributed by atoms with Crippen LogP contribution in [0.2, 0.25) is 0 Å². The zero-order valence-corrected chi connectivity index (χ0v) is 10.0. The number of nitrogens with zero attached hydrogens (tertiary/aromatic N) is 2. The van der Waals surface area contributed by atoms with E-state index in [1.54, 1.807) is 0 Å². The van der Waals surface area contributed by atoms with Gasteiger partial charge in [0.15, 0.2) is 0 Å². The van der Waals surface area contributed by atoms with Crippen LogP contribution < -0.4 is 0 Å². The average molecular weight is 235 g/mol. The Morgan fingerprint density at radius 2 is 1.25 bits per heavy atom. The number of rotatable bonds is 2. The van der Waals surface area contributed by atoms with Gasteiger partial charge in [0, 0.05) is 24.5 Å². The molecular weight excluding hydrogens is 216 g/mol. The van der Waals surface area contributed by atoms with Gasteiger partial charge < -0.3 is 9.80 Å². The molecule has 0 aliphatic carbocycles. The molecule has 1 aliphatic heterocycles. The quantitative estimate of drug-likeness (QED) is 0.725. The molecule has 0 N–H and O–H groups in total. The Hall–Kier alpha value is -0.180. The Kier molecular flexibility index (Phi) is 4.68. The van der Waals surface area contributed by atoms with Crippen molar-refractivity contribution >= 4 is 17.0 Å². The molecule has 0 amide bonds. The van der Waals surface area contributed by atoms with Gasteiger partial charge in [0.1, 0.15) is 0 Å². The summed E-state index contributed by atoms with van der Waals surface area (Å²) in [6.45, 7) is 9.92. The molecular formula is C9H19BrN2. The van der Waals surface area contributed by atoms with Crippen molar-refractivity contribution < 1.29 is 0 Å². The SMILES string of the molecule is Br.CC(C)N1C=CN(C(C)C)C1. The zero-order chi connectivity index (χ0) is 8.43. The van der Waals surface area contributed by atoms with Crippen molar-refractivity contribution in [2.45, 2.75) is 39.8 Å². The highest BCUT2D eigenvalue weighted by molar-refractivity contribution is 8.93. The fourth-order valence-corrected chi connectivity index (χ4v) is 1.12. The summed E-state index contributed by atoms with van der Waals surface area (Å²) in [7, 11) is 0. The molecule has 0 fully saturated rings. The van der Waals surface area contributed by atoms with Crippen LogP contribution in [-0.4, -0.2) is 28.6 Å². The third-order valence-corrected chi connectivity index (χ3v) is 2.10. The predicted molar refractivity (Wildman–Crippen MR) is 58.3 cm³/mol. The van der Waals surface area contributed by atoms with Crippen LogP contribution in [0.1, 0.15) is 27.7 Å². The first-order valence-electron chi connectivity index (χ1n) is 4.31. The molecule has 0 saturated carbocycles. The van der Waals surface area contributed by atoms with Crippen LogP contribution in [0.3, 0.4) is 0 Å². The van der Waals surface area contributed by atoms with E-state index in [0.29, 0.717) is 12.1 Å². The third kappa shape index (κ3) is 2.70. The van der Waals surface area contributed by atoms with Crippen molar-refractivity contribution in [2.75, 3.05) is 6.67 Å². The molecule has 0 atom stereocenters. The van der Waals surface area contributed by atoms with Gasteiger partial charge in [-0.05, 0) is 27.7 Å². The first-order chi connectivity index (χ1) is 5.11. The fourth-order valence-electron chi connectivity index (χ4n) is 1.12. The van der Waals surface area contributed by atoms with Crippen molar-refractivity contribution in [2.24, 2.45) is 0 Å². The van der Waals surface area contributed by atoms with Gasteiger partial charge in [-0.3, -0.25) is 0 Å². The van der Waals surface area contributed by atoms with E-state index in [-0.39, 0.29) is 17.0 Å². The smallest absolute Gasteiger partial charge is 0.0898 e. The second kappa shape index (κ2) is 4.75. The van der Waals surface area contributed by atoms with Crippen LogP contribution in [-0.2, 0) is 0 Å². The second-order valence-corrected chi connectivity index (χ2v) is 3.66. The predicted octanol–water partition coefficient (Wildman–Crippen LogP) is 2.43. The molecule has 0 spiro atoms. The van der Waals surface area contributed by atoms with Gasteiger partial charge in [0.05, 0.1) is 6.67 Å². The van der Waals surface area contributed by atoms with Gasteiger partial charge in [-0.1, -0.05) is 0 Å². The number of hydrogen-bond acceptors (Lipinski definition) is 2. The first-order valence-corrected chi connectivity index (χ1v) is 4.31. The monoisotopic (exact) mass is 234 g/mol. The molecule has 0 radical (unpaired) electrons. The lowest BCUT2D eigenvalue weighted by Gasteiger charge is -2.26. The minimum atomic E-state index is 0. The maximum atomic E-state index is 2.33. The van der Waals surface area contributed by atoms with Crippen molar-refractivity contribution in [3.05, 3.63) is 12.4 Å². The highest BCUT2D eigenvalue weighted by atomic mass is 79.9. The maximum absolute atomic E-state index is 2.33. The molecule has 1 rings (SSSR count). The zero-order valence-electron chi connectivity index (χ0n) is 8.32. The van der Waals surface area contributed by atoms with Gasteiger partial charge in [0.2, 0.25) is 0 Å². The summed E-state index contributed by atoms with van der Waals surface area (Å²) in [6.07, 6.45) is 4.34. The molecule has 12 heavy (non-hydrogen) atoms. The molecule has 0 aromatic heterocycles. The van der Waals surface area contributed by atoms with Crippen molar-refractivity contribution in [3.8, 4) is 0 Å². The van der Waals surface area contributed by atoms with E-state index in [0.717, 1.165) is 6.67 Å². The Morgan fingerprint density at radius 3 is 1.42 bits per heavy atom. The van der Waals surface area contributed by atoms with Crippen LogP contribution in [0.25, 0.3) is 0 Å². The Morgan fingerprint density at radius 1 is 0.917 bits per heavy atom. The third-order valence-electron chi connectivity index (χ3n) is 2.10. The normalized spacial score (nSPS) is 16.2. The van der Waals surface area contributed by atoms with Gasteiger partial charge in [0.25, 0.3) is 0 Å². The highest BCUT2D eigenvalue weighted by Gasteiger charge is 2.15. The molecule has 2 nitrogen and oxygen atoms in total. The molecule has 0 aromatic carbocycles. The van der Waals surface area contributed by atoms with Crippen LogP contribution in [0.15, 0.2) is 12.4 Å². The average Bonchev–Trinajstić information content (AvgIpc) is 2.33. The largest absolute Gasteiger partial charge is 0.356 e. The molecule has 0 saturated heterocycles. The summed E-state index contributed by atoms with van der Waals surface area (Å²) in [5.74, 6) is 0. The highest BCUT2D eigenvalue weighted by Crippen LogP contribution is 2.12. The second-order valence-electron chi connectivity index (χ2n) is 3.66. The lowest BCUT2D eigenvalue weighted by atomic mass is 10.3. The molecule has 0 aromatic rings. The van der Waals surface area contributed by atoms with E-state index in [4.69, 9.17) is 0 Å². The lowest BCUT2D eigenvalue weighted by molar-refractivity contribution is 0.204. The van der Waals surface area contributed by atoms with E-state index < -0.39 is 0 Å². The summed E-state index contributed by atoms with van der Waals surface area (Å²) in [4.78, 5) is 4.67. The lowest BCUT2D eigenvalue weighted by Crippen LogP contribution is -2.33. The molecule has 1 aliphatic rings. The van der Waals surface area contributed by atoms with E-state index in [1.165, 1.54) is 0 Å². The van der Waals surface area contributed by atoms with E-state index in [9.17, 15) is 0 Å². The fraction of sp³-hybridized carbons (Fsp3) is 0.778. The van der Waals surface area contributed by atoms with Crippen molar-refractivity contribution in [1.29, 1.82) is 0 Å². The Labute approximate surface area is 86.0 Å². The van der Waals surface area contributed by atoms with Crippen LogP contribution >= 0.6 is 17.0 Å². The Balaban J connectivity index is 0.00000121. The molecule has 3 heteroatoms.